The van der Waals surface area contributed by atoms with E-state index in [2.05, 4.69) is 26.1 Å². The van der Waals surface area contributed by atoms with Crippen LogP contribution in [-0.4, -0.2) is 79.2 Å². The maximum atomic E-state index is 14.1. The first kappa shape index (κ1) is 32.2. The van der Waals surface area contributed by atoms with E-state index in [9.17, 15) is 19.8 Å². The fourth-order valence-corrected chi connectivity index (χ4v) is 8.00. The van der Waals surface area contributed by atoms with Gasteiger partial charge in [0.2, 0.25) is 11.8 Å². The van der Waals surface area contributed by atoms with Gasteiger partial charge in [0, 0.05) is 48.4 Å². The van der Waals surface area contributed by atoms with Crippen molar-refractivity contribution in [1.82, 2.24) is 10.4 Å². The van der Waals surface area contributed by atoms with E-state index < -0.39 is 30.1 Å². The van der Waals surface area contributed by atoms with E-state index in [1.54, 1.807) is 31.2 Å². The van der Waals surface area contributed by atoms with E-state index in [0.29, 0.717) is 34.5 Å². The summed E-state index contributed by atoms with van der Waals surface area (Å²) in [7, 11) is 5.36. The van der Waals surface area contributed by atoms with Crippen molar-refractivity contribution >= 4 is 17.5 Å². The van der Waals surface area contributed by atoms with Gasteiger partial charge < -0.3 is 30.9 Å². The van der Waals surface area contributed by atoms with E-state index in [1.807, 2.05) is 43.3 Å². The molecule has 1 saturated heterocycles. The molecule has 1 heterocycles. The van der Waals surface area contributed by atoms with Crippen LogP contribution in [-0.2, 0) is 16.2 Å². The Kier molecular flexibility index (Phi) is 9.01. The van der Waals surface area contributed by atoms with Gasteiger partial charge in [0.05, 0.1) is 26.4 Å². The minimum Gasteiger partial charge on any atom is -0.496 e. The van der Waals surface area contributed by atoms with Crippen LogP contribution < -0.4 is 20.7 Å². The number of fused-ring (bicyclic) bond motifs is 2. The van der Waals surface area contributed by atoms with Gasteiger partial charge in [0.1, 0.15) is 17.9 Å². The van der Waals surface area contributed by atoms with Gasteiger partial charge in [-0.3, -0.25) is 14.4 Å². The van der Waals surface area contributed by atoms with Crippen LogP contribution in [0.3, 0.4) is 0 Å². The number of hydrogen-bond donors (Lipinski definition) is 4. The third-order valence-electron chi connectivity index (χ3n) is 10.7. The predicted molar refractivity (Wildman–Crippen MR) is 169 cm³/mol. The minimum atomic E-state index is -0.891. The number of aliphatic hydroxyl groups excluding tert-OH is 2. The maximum Gasteiger partial charge on any atom is 0.248 e. The topological polar surface area (TPSA) is 138 Å². The van der Waals surface area contributed by atoms with E-state index in [1.165, 1.54) is 6.42 Å². The second kappa shape index (κ2) is 12.3. The average Bonchev–Trinajstić information content (AvgIpc) is 3.36. The van der Waals surface area contributed by atoms with Crippen molar-refractivity contribution in [3.63, 3.8) is 0 Å². The van der Waals surface area contributed by atoms with Crippen LogP contribution in [0.15, 0.2) is 36.4 Å². The molecule has 0 unspecified atom stereocenters. The van der Waals surface area contributed by atoms with Crippen molar-refractivity contribution in [1.29, 1.82) is 0 Å². The molecule has 3 aliphatic carbocycles. The number of amides is 2. The third-order valence-corrected chi connectivity index (χ3v) is 10.7. The highest BCUT2D eigenvalue weighted by Gasteiger charge is 2.57. The molecular weight excluding hydrogens is 560 g/mol. The minimum absolute atomic E-state index is 0.0465. The Bertz CT molecular complexity index is 1390. The van der Waals surface area contributed by atoms with Crippen molar-refractivity contribution in [2.24, 2.45) is 34.8 Å². The number of rotatable bonds is 10. The number of methoxy groups -OCH3 is 1. The summed E-state index contributed by atoms with van der Waals surface area (Å²) in [5, 5.41) is 25.9. The van der Waals surface area contributed by atoms with Crippen LogP contribution in [0.25, 0.3) is 11.1 Å². The molecule has 5 N–H and O–H groups in total. The largest absolute Gasteiger partial charge is 0.496 e. The lowest BCUT2D eigenvalue weighted by molar-refractivity contribution is -0.183. The van der Waals surface area contributed by atoms with Gasteiger partial charge in [-0.15, -0.1) is 0 Å². The Hall–Kier alpha value is -3.18. The molecule has 1 aliphatic heterocycles. The lowest BCUT2D eigenvalue weighted by atomic mass is 9.45. The van der Waals surface area contributed by atoms with E-state index in [0.717, 1.165) is 28.8 Å². The number of para-hydroxylation sites is 1. The number of ether oxygens (including phenoxy) is 1. The number of hydrogen-bond acceptors (Lipinski definition) is 8. The van der Waals surface area contributed by atoms with Gasteiger partial charge in [0.15, 0.2) is 0 Å². The lowest BCUT2D eigenvalue weighted by Crippen LogP contribution is -2.62. The van der Waals surface area contributed by atoms with Crippen LogP contribution in [0, 0.1) is 29.1 Å². The quantitative estimate of drug-likeness (QED) is 0.323. The number of anilines is 1. The number of hydroxylamine groups is 2. The number of benzene rings is 2. The van der Waals surface area contributed by atoms with Crippen LogP contribution in [0.2, 0.25) is 0 Å². The first-order valence-corrected chi connectivity index (χ1v) is 15.6. The van der Waals surface area contributed by atoms with Gasteiger partial charge in [-0.25, -0.2) is 0 Å². The van der Waals surface area contributed by atoms with Crippen molar-refractivity contribution < 1.29 is 29.4 Å². The fourth-order valence-electron chi connectivity index (χ4n) is 8.00. The Morgan fingerprint density at radius 1 is 1.23 bits per heavy atom. The molecule has 240 valence electrons. The fraction of sp³-hybridized carbons (Fsp3) is 0.588. The summed E-state index contributed by atoms with van der Waals surface area (Å²) in [4.78, 5) is 34.3. The third kappa shape index (κ3) is 5.69. The lowest BCUT2D eigenvalue weighted by Gasteiger charge is -2.62. The first-order valence-electron chi connectivity index (χ1n) is 15.6. The number of primary amides is 1. The zero-order valence-electron chi connectivity index (χ0n) is 26.9. The second-order valence-electron chi connectivity index (χ2n) is 13.8. The zero-order chi connectivity index (χ0) is 32.1. The highest BCUT2D eigenvalue weighted by Crippen LogP contribution is 2.61. The van der Waals surface area contributed by atoms with Gasteiger partial charge in [-0.2, -0.15) is 5.06 Å². The number of carbonyl (C=O) groups is 2. The second-order valence-corrected chi connectivity index (χ2v) is 13.8. The summed E-state index contributed by atoms with van der Waals surface area (Å²) in [6, 6.07) is 10.4. The molecular formula is C34H48N4O6. The molecule has 4 aliphatic rings. The van der Waals surface area contributed by atoms with Gasteiger partial charge in [-0.05, 0) is 66.7 Å². The van der Waals surface area contributed by atoms with Gasteiger partial charge in [0.25, 0.3) is 0 Å². The molecule has 8 atom stereocenters. The molecule has 0 aromatic heterocycles. The number of carbonyl (C=O) groups excluding carboxylic acids is 2. The molecule has 6 rings (SSSR count). The summed E-state index contributed by atoms with van der Waals surface area (Å²) < 4.78 is 5.93. The Labute approximate surface area is 260 Å². The summed E-state index contributed by atoms with van der Waals surface area (Å²) in [5.74, 6) is 0.677. The van der Waals surface area contributed by atoms with Crippen molar-refractivity contribution in [3.8, 4) is 16.9 Å². The summed E-state index contributed by atoms with van der Waals surface area (Å²) in [6.07, 6.45) is 0.502. The normalized spacial score (nSPS) is 29.9. The molecule has 10 heteroatoms. The summed E-state index contributed by atoms with van der Waals surface area (Å²) >= 11 is 0. The SMILES string of the molecule is COc1c(CN2O[C@@H](CO)[C@@H]([C@H](C)O)[C@H]2C(=O)N[C@H]2C[C@H]3C[C@@H]([C@@H]2C)C3(C)C)cccc1-c1cc(C(N)=O)cc(N(C)C)c1. The Balaban J connectivity index is 1.46. The molecule has 0 spiro atoms. The number of nitrogens with one attached hydrogen (secondary N) is 1. The monoisotopic (exact) mass is 608 g/mol. The molecule has 2 bridgehead atoms. The standard InChI is InChI=1S/C34H48N4O6/c1-18-26-14-23(34(26,3)4)15-27(18)36-33(42)30-29(19(2)40)28(17-39)44-38(30)16-20-9-8-10-25(31(20)43-7)21-11-22(32(35)41)13-24(12-21)37(5)6/h8-13,18-19,23,26-30,39-40H,14-17H2,1-7H3,(H2,35,41)(H,36,42)/t18-,19-,23+,26-,27-,28-,29+,30-/m0/s1. The Morgan fingerprint density at radius 2 is 1.95 bits per heavy atom. The number of nitrogens with zero attached hydrogens (tertiary/aromatic N) is 2. The number of nitrogens with two attached hydrogens (primary N) is 1. The van der Waals surface area contributed by atoms with E-state index in [-0.39, 0.29) is 25.1 Å². The van der Waals surface area contributed by atoms with Crippen LogP contribution >= 0.6 is 0 Å². The molecule has 0 radical (unpaired) electrons. The highest BCUT2D eigenvalue weighted by molar-refractivity contribution is 5.96. The van der Waals surface area contributed by atoms with Gasteiger partial charge in [-0.1, -0.05) is 39.0 Å². The summed E-state index contributed by atoms with van der Waals surface area (Å²) in [6.45, 7) is 8.35. The van der Waals surface area contributed by atoms with Crippen LogP contribution in [0.4, 0.5) is 5.69 Å². The molecule has 4 fully saturated rings. The molecule has 2 amide bonds. The predicted octanol–water partition coefficient (Wildman–Crippen LogP) is 3.19. The molecule has 3 saturated carbocycles. The molecule has 10 nitrogen and oxygen atoms in total. The summed E-state index contributed by atoms with van der Waals surface area (Å²) in [5.41, 5.74) is 9.38. The first-order chi connectivity index (χ1) is 20.8. The van der Waals surface area contributed by atoms with Crippen LogP contribution in [0.5, 0.6) is 5.75 Å². The molecule has 44 heavy (non-hydrogen) atoms. The average molecular weight is 609 g/mol. The molecule has 2 aromatic rings. The van der Waals surface area contributed by atoms with Gasteiger partial charge >= 0.3 is 0 Å². The molecule has 2 aromatic carbocycles. The van der Waals surface area contributed by atoms with Crippen LogP contribution in [0.1, 0.15) is 56.5 Å². The smallest absolute Gasteiger partial charge is 0.248 e. The maximum absolute atomic E-state index is 14.1. The van der Waals surface area contributed by atoms with Crippen molar-refractivity contribution in [3.05, 3.63) is 47.5 Å². The van der Waals surface area contributed by atoms with E-state index in [4.69, 9.17) is 15.3 Å². The van der Waals surface area contributed by atoms with Crippen molar-refractivity contribution in [2.45, 2.75) is 71.4 Å². The van der Waals surface area contributed by atoms with Crippen molar-refractivity contribution in [2.75, 3.05) is 32.7 Å². The highest BCUT2D eigenvalue weighted by atomic mass is 16.7. The number of aliphatic hydroxyl groups is 2. The van der Waals surface area contributed by atoms with E-state index >= 15 is 0 Å². The zero-order valence-corrected chi connectivity index (χ0v) is 26.9. The Morgan fingerprint density at radius 3 is 2.52 bits per heavy atom.